The van der Waals surface area contributed by atoms with Crippen LogP contribution in [0.4, 0.5) is 5.95 Å². The van der Waals surface area contributed by atoms with E-state index in [1.54, 1.807) is 0 Å². The quantitative estimate of drug-likeness (QED) is 0.599. The number of aryl methyl sites for hydroxylation is 1. The molecular formula is C12H21N5O. The number of hydrogen-bond donors (Lipinski definition) is 2. The number of ether oxygens (including phenoxy) is 1. The van der Waals surface area contributed by atoms with Crippen LogP contribution in [0.1, 0.15) is 25.0 Å². The molecule has 1 fully saturated rings. The van der Waals surface area contributed by atoms with E-state index in [4.69, 9.17) is 10.6 Å². The molecule has 100 valence electrons. The molecule has 1 aliphatic heterocycles. The number of nitrogens with zero attached hydrogens (tertiary/aromatic N) is 3. The van der Waals surface area contributed by atoms with E-state index in [9.17, 15) is 0 Å². The van der Waals surface area contributed by atoms with Crippen LogP contribution in [-0.2, 0) is 0 Å². The highest BCUT2D eigenvalue weighted by molar-refractivity contribution is 5.28. The third-order valence-electron chi connectivity index (χ3n) is 3.07. The lowest BCUT2D eigenvalue weighted by Gasteiger charge is -2.26. The molecule has 2 heterocycles. The van der Waals surface area contributed by atoms with Gasteiger partial charge in [-0.2, -0.15) is 4.98 Å². The van der Waals surface area contributed by atoms with Crippen LogP contribution in [0.5, 0.6) is 5.88 Å². The van der Waals surface area contributed by atoms with E-state index in [0.29, 0.717) is 18.4 Å². The average Bonchev–Trinajstić information content (AvgIpc) is 2.39. The minimum atomic E-state index is 0.392. The second-order valence-corrected chi connectivity index (χ2v) is 4.57. The second kappa shape index (κ2) is 6.51. The van der Waals surface area contributed by atoms with Crippen LogP contribution in [0.25, 0.3) is 0 Å². The van der Waals surface area contributed by atoms with E-state index in [1.807, 2.05) is 13.0 Å². The van der Waals surface area contributed by atoms with Gasteiger partial charge in [0.1, 0.15) is 6.61 Å². The highest BCUT2D eigenvalue weighted by atomic mass is 16.5. The minimum absolute atomic E-state index is 0.392. The van der Waals surface area contributed by atoms with Crippen molar-refractivity contribution in [1.29, 1.82) is 0 Å². The van der Waals surface area contributed by atoms with Gasteiger partial charge in [-0.25, -0.2) is 10.8 Å². The molecule has 3 N–H and O–H groups in total. The van der Waals surface area contributed by atoms with Crippen molar-refractivity contribution in [2.24, 2.45) is 5.84 Å². The molecule has 0 saturated carbocycles. The van der Waals surface area contributed by atoms with Crippen molar-refractivity contribution in [3.8, 4) is 5.88 Å². The molecule has 0 aromatic carbocycles. The Bertz CT molecular complexity index is 379. The zero-order valence-corrected chi connectivity index (χ0v) is 10.9. The van der Waals surface area contributed by atoms with Crippen LogP contribution in [0.2, 0.25) is 0 Å². The summed E-state index contributed by atoms with van der Waals surface area (Å²) in [6.07, 6.45) is 3.95. The molecule has 2 rings (SSSR count). The predicted octanol–water partition coefficient (Wildman–Crippen LogP) is 0.935. The molecule has 18 heavy (non-hydrogen) atoms. The Labute approximate surface area is 108 Å². The Balaban J connectivity index is 1.80. The maximum absolute atomic E-state index is 5.64. The average molecular weight is 251 g/mol. The maximum Gasteiger partial charge on any atom is 0.240 e. The van der Waals surface area contributed by atoms with E-state index < -0.39 is 0 Å². The predicted molar refractivity (Wildman–Crippen MR) is 70.4 cm³/mol. The number of nitrogens with two attached hydrogens (primary N) is 1. The van der Waals surface area contributed by atoms with Crippen LogP contribution in [0.3, 0.4) is 0 Å². The Hall–Kier alpha value is -1.40. The first kappa shape index (κ1) is 13.0. The van der Waals surface area contributed by atoms with E-state index in [0.717, 1.165) is 12.2 Å². The molecule has 0 spiro atoms. The zero-order valence-electron chi connectivity index (χ0n) is 10.9. The number of hydrazine groups is 1. The number of piperidine rings is 1. The first-order chi connectivity index (χ1) is 8.78. The molecule has 0 aliphatic carbocycles. The molecule has 1 saturated heterocycles. The number of anilines is 1. The standard InChI is InChI=1S/C12H21N5O/c1-10-9-11(15-12(14-10)16-13)18-8-7-17-5-3-2-4-6-17/h9H,2-8,13H2,1H3,(H,14,15,16). The Kier molecular flexibility index (Phi) is 4.72. The number of aromatic nitrogens is 2. The molecule has 1 aromatic rings. The lowest BCUT2D eigenvalue weighted by Crippen LogP contribution is -2.33. The van der Waals surface area contributed by atoms with Gasteiger partial charge in [-0.15, -0.1) is 0 Å². The third-order valence-corrected chi connectivity index (χ3v) is 3.07. The second-order valence-electron chi connectivity index (χ2n) is 4.57. The van der Waals surface area contributed by atoms with Crippen molar-refractivity contribution in [2.75, 3.05) is 31.7 Å². The zero-order chi connectivity index (χ0) is 12.8. The molecule has 0 radical (unpaired) electrons. The fourth-order valence-corrected chi connectivity index (χ4v) is 2.14. The molecule has 1 aliphatic rings. The van der Waals surface area contributed by atoms with Gasteiger partial charge in [0.2, 0.25) is 11.8 Å². The van der Waals surface area contributed by atoms with Crippen LogP contribution >= 0.6 is 0 Å². The molecule has 0 atom stereocenters. The lowest BCUT2D eigenvalue weighted by atomic mass is 10.1. The Morgan fingerprint density at radius 2 is 2.11 bits per heavy atom. The van der Waals surface area contributed by atoms with Gasteiger partial charge in [0.15, 0.2) is 0 Å². The topological polar surface area (TPSA) is 76.3 Å². The van der Waals surface area contributed by atoms with Crippen molar-refractivity contribution < 1.29 is 4.74 Å². The van der Waals surface area contributed by atoms with Gasteiger partial charge in [-0.05, 0) is 32.9 Å². The molecule has 6 nitrogen and oxygen atoms in total. The smallest absolute Gasteiger partial charge is 0.240 e. The van der Waals surface area contributed by atoms with Crippen LogP contribution < -0.4 is 16.0 Å². The number of nitrogens with one attached hydrogen (secondary N) is 1. The molecule has 0 amide bonds. The van der Waals surface area contributed by atoms with Crippen LogP contribution in [0, 0.1) is 6.92 Å². The first-order valence-corrected chi connectivity index (χ1v) is 6.45. The fraction of sp³-hybridized carbons (Fsp3) is 0.667. The Morgan fingerprint density at radius 1 is 1.33 bits per heavy atom. The van der Waals surface area contributed by atoms with Crippen molar-refractivity contribution in [2.45, 2.75) is 26.2 Å². The largest absolute Gasteiger partial charge is 0.476 e. The van der Waals surface area contributed by atoms with E-state index in [-0.39, 0.29) is 0 Å². The first-order valence-electron chi connectivity index (χ1n) is 6.45. The number of hydrogen-bond acceptors (Lipinski definition) is 6. The molecule has 0 bridgehead atoms. The molecule has 1 aromatic heterocycles. The van der Waals surface area contributed by atoms with Gasteiger partial charge < -0.3 is 4.74 Å². The molecule has 0 unspecified atom stereocenters. The summed E-state index contributed by atoms with van der Waals surface area (Å²) in [5.41, 5.74) is 3.27. The van der Waals surface area contributed by atoms with Gasteiger partial charge in [-0.1, -0.05) is 6.42 Å². The summed E-state index contributed by atoms with van der Waals surface area (Å²) in [6.45, 7) is 5.86. The van der Waals surface area contributed by atoms with Gasteiger partial charge >= 0.3 is 0 Å². The van der Waals surface area contributed by atoms with E-state index in [1.165, 1.54) is 32.4 Å². The lowest BCUT2D eigenvalue weighted by molar-refractivity contribution is 0.180. The van der Waals surface area contributed by atoms with Crippen molar-refractivity contribution in [3.63, 3.8) is 0 Å². The summed E-state index contributed by atoms with van der Waals surface area (Å²) in [5.74, 6) is 6.26. The number of nitrogen functional groups attached to an aromatic ring is 1. The normalized spacial score (nSPS) is 16.6. The highest BCUT2D eigenvalue weighted by Crippen LogP contribution is 2.12. The summed E-state index contributed by atoms with van der Waals surface area (Å²) in [4.78, 5) is 10.7. The van der Waals surface area contributed by atoms with Crippen LogP contribution in [-0.4, -0.2) is 41.1 Å². The summed E-state index contributed by atoms with van der Waals surface area (Å²) >= 11 is 0. The highest BCUT2D eigenvalue weighted by Gasteiger charge is 2.10. The van der Waals surface area contributed by atoms with Crippen molar-refractivity contribution in [3.05, 3.63) is 11.8 Å². The minimum Gasteiger partial charge on any atom is -0.476 e. The summed E-state index contributed by atoms with van der Waals surface area (Å²) < 4.78 is 5.64. The summed E-state index contributed by atoms with van der Waals surface area (Å²) in [7, 11) is 0. The third kappa shape index (κ3) is 3.82. The summed E-state index contributed by atoms with van der Waals surface area (Å²) in [5, 5.41) is 0. The van der Waals surface area contributed by atoms with Crippen molar-refractivity contribution in [1.82, 2.24) is 14.9 Å². The fourth-order valence-electron chi connectivity index (χ4n) is 2.14. The van der Waals surface area contributed by atoms with Crippen molar-refractivity contribution >= 4 is 5.95 Å². The van der Waals surface area contributed by atoms with Gasteiger partial charge in [-0.3, -0.25) is 10.3 Å². The SMILES string of the molecule is Cc1cc(OCCN2CCCCC2)nc(NN)n1. The maximum atomic E-state index is 5.64. The monoisotopic (exact) mass is 251 g/mol. The Morgan fingerprint density at radius 3 is 2.83 bits per heavy atom. The number of rotatable bonds is 5. The van der Waals surface area contributed by atoms with Gasteiger partial charge in [0.25, 0.3) is 0 Å². The molecule has 6 heteroatoms. The van der Waals surface area contributed by atoms with Gasteiger partial charge in [0, 0.05) is 18.3 Å². The van der Waals surface area contributed by atoms with Gasteiger partial charge in [0.05, 0.1) is 0 Å². The molecular weight excluding hydrogens is 230 g/mol. The van der Waals surface area contributed by atoms with E-state index >= 15 is 0 Å². The summed E-state index contributed by atoms with van der Waals surface area (Å²) in [6, 6.07) is 1.82. The van der Waals surface area contributed by atoms with E-state index in [2.05, 4.69) is 20.3 Å². The number of likely N-dealkylation sites (tertiary alicyclic amines) is 1. The van der Waals surface area contributed by atoms with Crippen LogP contribution in [0.15, 0.2) is 6.07 Å².